The van der Waals surface area contributed by atoms with Crippen LogP contribution in [0.4, 0.5) is 5.69 Å². The molecule has 0 aliphatic heterocycles. The first kappa shape index (κ1) is 14.8. The van der Waals surface area contributed by atoms with E-state index < -0.39 is 5.97 Å². The molecule has 110 valence electrons. The molecule has 0 unspecified atom stereocenters. The summed E-state index contributed by atoms with van der Waals surface area (Å²) < 4.78 is 0. The van der Waals surface area contributed by atoms with E-state index in [4.69, 9.17) is 5.11 Å². The number of anilines is 1. The molecule has 0 spiro atoms. The van der Waals surface area contributed by atoms with Crippen LogP contribution in [-0.4, -0.2) is 22.0 Å². The lowest BCUT2D eigenvalue weighted by molar-refractivity contribution is 0.0690. The number of aromatic amines is 1. The van der Waals surface area contributed by atoms with Crippen LogP contribution in [0, 0.1) is 27.7 Å². The maximum atomic E-state index is 12.4. The fourth-order valence-electron chi connectivity index (χ4n) is 2.54. The fourth-order valence-corrected chi connectivity index (χ4v) is 2.54. The Morgan fingerprint density at radius 1 is 1.05 bits per heavy atom. The second-order valence-electron chi connectivity index (χ2n) is 5.26. The van der Waals surface area contributed by atoms with Crippen LogP contribution in [0.15, 0.2) is 18.2 Å². The highest BCUT2D eigenvalue weighted by molar-refractivity contribution is 6.08. The van der Waals surface area contributed by atoms with Crippen molar-refractivity contribution < 1.29 is 14.7 Å². The second kappa shape index (κ2) is 5.44. The van der Waals surface area contributed by atoms with Crippen LogP contribution in [0.2, 0.25) is 0 Å². The van der Waals surface area contributed by atoms with Crippen molar-refractivity contribution in [2.75, 3.05) is 5.32 Å². The summed E-state index contributed by atoms with van der Waals surface area (Å²) in [6, 6.07) is 5.77. The molecule has 0 aliphatic carbocycles. The zero-order valence-corrected chi connectivity index (χ0v) is 12.5. The first-order chi connectivity index (χ1) is 9.79. The molecule has 0 saturated carbocycles. The normalized spacial score (nSPS) is 10.5. The number of amides is 1. The van der Waals surface area contributed by atoms with Crippen molar-refractivity contribution in [2.45, 2.75) is 27.7 Å². The number of carboxylic acids is 1. The molecule has 0 atom stereocenters. The Morgan fingerprint density at radius 3 is 2.10 bits per heavy atom. The Balaban J connectivity index is 2.35. The number of hydrogen-bond donors (Lipinski definition) is 3. The lowest BCUT2D eigenvalue weighted by atomic mass is 10.1. The summed E-state index contributed by atoms with van der Waals surface area (Å²) in [6.45, 7) is 7.23. The summed E-state index contributed by atoms with van der Waals surface area (Å²) >= 11 is 0. The van der Waals surface area contributed by atoms with Gasteiger partial charge in [-0.05, 0) is 56.5 Å². The van der Waals surface area contributed by atoms with Gasteiger partial charge in [-0.1, -0.05) is 6.07 Å². The fraction of sp³-hybridized carbons (Fsp3) is 0.250. The number of aromatic nitrogens is 1. The molecule has 5 nitrogen and oxygen atoms in total. The van der Waals surface area contributed by atoms with Gasteiger partial charge in [-0.3, -0.25) is 4.79 Å². The Hall–Kier alpha value is -2.56. The molecular formula is C16H18N2O3. The molecule has 2 aromatic rings. The number of nitrogens with one attached hydrogen (secondary N) is 2. The number of carbonyl (C=O) groups is 2. The summed E-state index contributed by atoms with van der Waals surface area (Å²) in [6.07, 6.45) is 0. The van der Waals surface area contributed by atoms with Crippen molar-refractivity contribution in [2.24, 2.45) is 0 Å². The van der Waals surface area contributed by atoms with Gasteiger partial charge in [-0.15, -0.1) is 0 Å². The molecule has 0 fully saturated rings. The monoisotopic (exact) mass is 286 g/mol. The number of aromatic carboxylic acids is 1. The van der Waals surface area contributed by atoms with Crippen molar-refractivity contribution >= 4 is 17.6 Å². The van der Waals surface area contributed by atoms with E-state index in [1.807, 2.05) is 32.0 Å². The Labute approximate surface area is 123 Å². The van der Waals surface area contributed by atoms with Crippen molar-refractivity contribution in [3.8, 4) is 0 Å². The zero-order chi connectivity index (χ0) is 15.7. The van der Waals surface area contributed by atoms with Crippen molar-refractivity contribution in [3.05, 3.63) is 51.8 Å². The molecule has 1 heterocycles. The van der Waals surface area contributed by atoms with Crippen LogP contribution in [0.25, 0.3) is 0 Å². The molecule has 0 bridgehead atoms. The summed E-state index contributed by atoms with van der Waals surface area (Å²) in [7, 11) is 0. The van der Waals surface area contributed by atoms with Gasteiger partial charge in [0.15, 0.2) is 0 Å². The van der Waals surface area contributed by atoms with Gasteiger partial charge in [-0.25, -0.2) is 4.79 Å². The third-order valence-electron chi connectivity index (χ3n) is 3.36. The highest BCUT2D eigenvalue weighted by Gasteiger charge is 2.21. The minimum absolute atomic E-state index is 0.0538. The third kappa shape index (κ3) is 2.97. The van der Waals surface area contributed by atoms with Gasteiger partial charge >= 0.3 is 5.97 Å². The number of rotatable bonds is 3. The topological polar surface area (TPSA) is 82.2 Å². The van der Waals surface area contributed by atoms with E-state index in [2.05, 4.69) is 10.3 Å². The highest BCUT2D eigenvalue weighted by atomic mass is 16.4. The van der Waals surface area contributed by atoms with Gasteiger partial charge in [0.2, 0.25) is 0 Å². The van der Waals surface area contributed by atoms with Crippen LogP contribution in [0.5, 0.6) is 0 Å². The average Bonchev–Trinajstić information content (AvgIpc) is 2.63. The van der Waals surface area contributed by atoms with Crippen LogP contribution >= 0.6 is 0 Å². The molecule has 2 rings (SSSR count). The number of aryl methyl sites for hydroxylation is 3. The quantitative estimate of drug-likeness (QED) is 0.810. The molecule has 3 N–H and O–H groups in total. The largest absolute Gasteiger partial charge is 0.477 e. The summed E-state index contributed by atoms with van der Waals surface area (Å²) in [4.78, 5) is 26.2. The number of H-pyrrole nitrogens is 1. The minimum atomic E-state index is -1.07. The van der Waals surface area contributed by atoms with E-state index in [9.17, 15) is 9.59 Å². The maximum Gasteiger partial charge on any atom is 0.352 e. The van der Waals surface area contributed by atoms with Crippen molar-refractivity contribution in [1.82, 2.24) is 4.98 Å². The smallest absolute Gasteiger partial charge is 0.352 e. The summed E-state index contributed by atoms with van der Waals surface area (Å²) in [5.41, 5.74) is 4.24. The molecule has 21 heavy (non-hydrogen) atoms. The number of carbonyl (C=O) groups excluding carboxylic acids is 1. The highest BCUT2D eigenvalue weighted by Crippen LogP contribution is 2.21. The SMILES string of the molecule is Cc1cc(C)cc(NC(=O)c2c(C)[nH]c(C(=O)O)c2C)c1. The lowest BCUT2D eigenvalue weighted by Gasteiger charge is -2.08. The van der Waals surface area contributed by atoms with E-state index in [1.54, 1.807) is 13.8 Å². The second-order valence-corrected chi connectivity index (χ2v) is 5.26. The predicted molar refractivity (Wildman–Crippen MR) is 81.1 cm³/mol. The molecule has 1 aromatic carbocycles. The Bertz CT molecular complexity index is 709. The predicted octanol–water partition coefficient (Wildman–Crippen LogP) is 3.20. The number of carboxylic acid groups (broad SMARTS) is 1. The van der Waals surface area contributed by atoms with Gasteiger partial charge in [0.25, 0.3) is 5.91 Å². The Morgan fingerprint density at radius 2 is 1.62 bits per heavy atom. The lowest BCUT2D eigenvalue weighted by Crippen LogP contribution is -2.14. The van der Waals surface area contributed by atoms with Gasteiger partial charge in [0.05, 0.1) is 5.56 Å². The van der Waals surface area contributed by atoms with Crippen LogP contribution in [-0.2, 0) is 0 Å². The van der Waals surface area contributed by atoms with Gasteiger partial charge < -0.3 is 15.4 Å². The molecule has 0 radical (unpaired) electrons. The first-order valence-corrected chi connectivity index (χ1v) is 6.61. The van der Waals surface area contributed by atoms with E-state index >= 15 is 0 Å². The van der Waals surface area contributed by atoms with E-state index in [0.29, 0.717) is 22.5 Å². The van der Waals surface area contributed by atoms with Gasteiger partial charge in [0.1, 0.15) is 5.69 Å². The van der Waals surface area contributed by atoms with Gasteiger partial charge in [-0.2, -0.15) is 0 Å². The molecule has 1 amide bonds. The zero-order valence-electron chi connectivity index (χ0n) is 12.5. The molecule has 0 saturated heterocycles. The standard InChI is InChI=1S/C16H18N2O3/c1-8-5-9(2)7-12(6-8)18-15(19)13-10(3)14(16(20)21)17-11(13)4/h5-7,17H,1-4H3,(H,18,19)(H,20,21). The molecule has 0 aliphatic rings. The van der Waals surface area contributed by atoms with Crippen LogP contribution in [0.1, 0.15) is 43.2 Å². The number of hydrogen-bond acceptors (Lipinski definition) is 2. The molecule has 5 heteroatoms. The maximum absolute atomic E-state index is 12.4. The van der Waals surface area contributed by atoms with Crippen molar-refractivity contribution in [3.63, 3.8) is 0 Å². The van der Waals surface area contributed by atoms with Gasteiger partial charge in [0, 0.05) is 11.4 Å². The van der Waals surface area contributed by atoms with E-state index in [1.165, 1.54) is 0 Å². The van der Waals surface area contributed by atoms with E-state index in [-0.39, 0.29) is 11.6 Å². The van der Waals surface area contributed by atoms with E-state index in [0.717, 1.165) is 11.1 Å². The average molecular weight is 286 g/mol. The first-order valence-electron chi connectivity index (χ1n) is 6.61. The minimum Gasteiger partial charge on any atom is -0.477 e. The summed E-state index contributed by atoms with van der Waals surface area (Å²) in [5, 5.41) is 11.9. The summed E-state index contributed by atoms with van der Waals surface area (Å²) in [5.74, 6) is -1.38. The van der Waals surface area contributed by atoms with Crippen LogP contribution < -0.4 is 5.32 Å². The number of benzene rings is 1. The van der Waals surface area contributed by atoms with Crippen molar-refractivity contribution in [1.29, 1.82) is 0 Å². The molecule has 1 aromatic heterocycles. The van der Waals surface area contributed by atoms with Crippen LogP contribution in [0.3, 0.4) is 0 Å². The molecular weight excluding hydrogens is 268 g/mol. The third-order valence-corrected chi connectivity index (χ3v) is 3.36. The Kier molecular flexibility index (Phi) is 3.84.